The van der Waals surface area contributed by atoms with Crippen molar-refractivity contribution >= 4 is 28.5 Å². The van der Waals surface area contributed by atoms with Crippen LogP contribution in [0.1, 0.15) is 32.2 Å². The highest BCUT2D eigenvalue weighted by Crippen LogP contribution is 2.27. The standard InChI is InChI=1S/C25H19N5O3/c1-15-21-19(14-20(28-25(21)33-29-15)16-6-4-3-5-7-16)24(32)27-18-10-8-17(9-11-18)22(31)23-26-12-13-30(23)2/h3-14H,1-2H3,(H,27,32). The fourth-order valence-electron chi connectivity index (χ4n) is 3.65. The third-order valence-electron chi connectivity index (χ3n) is 5.36. The summed E-state index contributed by atoms with van der Waals surface area (Å²) < 4.78 is 7.02. The first-order chi connectivity index (χ1) is 16.0. The summed E-state index contributed by atoms with van der Waals surface area (Å²) >= 11 is 0. The summed E-state index contributed by atoms with van der Waals surface area (Å²) in [5, 5.41) is 7.43. The number of rotatable bonds is 5. The zero-order valence-corrected chi connectivity index (χ0v) is 17.9. The van der Waals surface area contributed by atoms with Crippen LogP contribution in [0.5, 0.6) is 0 Å². The Balaban J connectivity index is 1.45. The summed E-state index contributed by atoms with van der Waals surface area (Å²) in [4.78, 5) is 34.5. The minimum absolute atomic E-state index is 0.191. The van der Waals surface area contributed by atoms with Gasteiger partial charge in [-0.25, -0.2) is 9.97 Å². The van der Waals surface area contributed by atoms with Gasteiger partial charge >= 0.3 is 0 Å². The minimum Gasteiger partial charge on any atom is -0.335 e. The number of nitrogens with one attached hydrogen (secondary N) is 1. The van der Waals surface area contributed by atoms with Crippen LogP contribution >= 0.6 is 0 Å². The molecule has 3 aromatic heterocycles. The molecule has 8 nitrogen and oxygen atoms in total. The van der Waals surface area contributed by atoms with Gasteiger partial charge in [-0.3, -0.25) is 9.59 Å². The lowest BCUT2D eigenvalue weighted by molar-refractivity contribution is 0.102. The van der Waals surface area contributed by atoms with E-state index in [-0.39, 0.29) is 11.7 Å². The highest BCUT2D eigenvalue weighted by atomic mass is 16.5. The summed E-state index contributed by atoms with van der Waals surface area (Å²) in [7, 11) is 1.76. The van der Waals surface area contributed by atoms with Gasteiger partial charge in [0.1, 0.15) is 0 Å². The lowest BCUT2D eigenvalue weighted by Crippen LogP contribution is -2.13. The maximum Gasteiger partial charge on any atom is 0.259 e. The van der Waals surface area contributed by atoms with Crippen molar-refractivity contribution in [2.24, 2.45) is 7.05 Å². The van der Waals surface area contributed by atoms with Crippen molar-refractivity contribution in [3.63, 3.8) is 0 Å². The van der Waals surface area contributed by atoms with Gasteiger partial charge in [-0.2, -0.15) is 0 Å². The van der Waals surface area contributed by atoms with E-state index in [4.69, 9.17) is 4.52 Å². The van der Waals surface area contributed by atoms with E-state index in [9.17, 15) is 9.59 Å². The topological polar surface area (TPSA) is 103 Å². The van der Waals surface area contributed by atoms with Crippen LogP contribution in [0.2, 0.25) is 0 Å². The number of pyridine rings is 1. The van der Waals surface area contributed by atoms with Crippen LogP contribution in [0.25, 0.3) is 22.4 Å². The van der Waals surface area contributed by atoms with Gasteiger partial charge in [0.25, 0.3) is 11.6 Å². The van der Waals surface area contributed by atoms with E-state index in [1.165, 1.54) is 0 Å². The first-order valence-electron chi connectivity index (χ1n) is 10.3. The summed E-state index contributed by atoms with van der Waals surface area (Å²) in [5.41, 5.74) is 3.80. The number of imidazole rings is 1. The Kier molecular flexibility index (Phi) is 5.02. The minimum atomic E-state index is -0.325. The first-order valence-corrected chi connectivity index (χ1v) is 10.3. The molecule has 0 fully saturated rings. The average Bonchev–Trinajstić information content (AvgIpc) is 3.44. The Morgan fingerprint density at radius 3 is 2.48 bits per heavy atom. The van der Waals surface area contributed by atoms with Crippen LogP contribution in [-0.2, 0) is 7.05 Å². The number of ketones is 1. The maximum atomic E-state index is 13.2. The second kappa shape index (κ2) is 8.16. The molecule has 5 aromatic rings. The Morgan fingerprint density at radius 2 is 1.79 bits per heavy atom. The number of amides is 1. The van der Waals surface area contributed by atoms with E-state index >= 15 is 0 Å². The Labute approximate surface area is 188 Å². The number of fused-ring (bicyclic) bond motifs is 1. The lowest BCUT2D eigenvalue weighted by atomic mass is 10.0. The number of carbonyl (C=O) groups is 2. The summed E-state index contributed by atoms with van der Waals surface area (Å²) in [6.45, 7) is 1.77. The quantitative estimate of drug-likeness (QED) is 0.409. The second-order valence-electron chi connectivity index (χ2n) is 7.59. The third kappa shape index (κ3) is 3.78. The number of hydrogen-bond acceptors (Lipinski definition) is 6. The van der Waals surface area contributed by atoms with Crippen LogP contribution in [0.15, 0.2) is 77.6 Å². The smallest absolute Gasteiger partial charge is 0.259 e. The highest BCUT2D eigenvalue weighted by Gasteiger charge is 2.20. The van der Waals surface area contributed by atoms with E-state index in [1.54, 1.807) is 61.3 Å². The molecule has 3 heterocycles. The molecule has 33 heavy (non-hydrogen) atoms. The molecule has 0 unspecified atom stereocenters. The number of aryl methyl sites for hydroxylation is 2. The van der Waals surface area contributed by atoms with Crippen molar-refractivity contribution < 1.29 is 14.1 Å². The Hall–Kier alpha value is -4.59. The molecule has 162 valence electrons. The average molecular weight is 437 g/mol. The van der Waals surface area contributed by atoms with Gasteiger partial charge in [-0.15, -0.1) is 0 Å². The predicted octanol–water partition coefficient (Wildman–Crippen LogP) is 4.42. The number of benzene rings is 2. The zero-order chi connectivity index (χ0) is 22.9. The molecular formula is C25H19N5O3. The van der Waals surface area contributed by atoms with E-state index in [0.717, 1.165) is 5.56 Å². The van der Waals surface area contributed by atoms with Gasteiger partial charge < -0.3 is 14.4 Å². The molecule has 0 atom stereocenters. The molecule has 5 rings (SSSR count). The largest absolute Gasteiger partial charge is 0.335 e. The molecule has 1 N–H and O–H groups in total. The van der Waals surface area contributed by atoms with Crippen molar-refractivity contribution in [1.82, 2.24) is 19.7 Å². The molecule has 1 amide bonds. The molecule has 2 aromatic carbocycles. The zero-order valence-electron chi connectivity index (χ0n) is 17.9. The van der Waals surface area contributed by atoms with Crippen molar-refractivity contribution in [1.29, 1.82) is 0 Å². The molecule has 0 aliphatic heterocycles. The van der Waals surface area contributed by atoms with Crippen LogP contribution in [0, 0.1) is 6.92 Å². The Bertz CT molecular complexity index is 1480. The van der Waals surface area contributed by atoms with Crippen molar-refractivity contribution in [2.75, 3.05) is 5.32 Å². The van der Waals surface area contributed by atoms with Gasteiger partial charge in [-0.05, 0) is 37.3 Å². The molecule has 0 saturated carbocycles. The third-order valence-corrected chi connectivity index (χ3v) is 5.36. The molecular weight excluding hydrogens is 418 g/mol. The Morgan fingerprint density at radius 1 is 1.03 bits per heavy atom. The van der Waals surface area contributed by atoms with Gasteiger partial charge in [0.15, 0.2) is 5.82 Å². The van der Waals surface area contributed by atoms with Gasteiger partial charge in [-0.1, -0.05) is 35.5 Å². The number of hydrogen-bond donors (Lipinski definition) is 1. The highest BCUT2D eigenvalue weighted by molar-refractivity contribution is 6.13. The van der Waals surface area contributed by atoms with E-state index < -0.39 is 0 Å². The summed E-state index contributed by atoms with van der Waals surface area (Å²) in [6, 6.07) is 18.0. The van der Waals surface area contributed by atoms with Crippen LogP contribution < -0.4 is 5.32 Å². The van der Waals surface area contributed by atoms with E-state index in [0.29, 0.717) is 45.1 Å². The molecule has 0 saturated heterocycles. The fourth-order valence-corrected chi connectivity index (χ4v) is 3.65. The van der Waals surface area contributed by atoms with Crippen LogP contribution in [0.4, 0.5) is 5.69 Å². The second-order valence-corrected chi connectivity index (χ2v) is 7.59. The number of nitrogens with zero attached hydrogens (tertiary/aromatic N) is 4. The summed E-state index contributed by atoms with van der Waals surface area (Å²) in [5.74, 6) is -0.166. The van der Waals surface area contributed by atoms with Gasteiger partial charge in [0, 0.05) is 36.3 Å². The molecule has 0 radical (unpaired) electrons. The maximum absolute atomic E-state index is 13.2. The molecule has 0 bridgehead atoms. The number of carbonyl (C=O) groups excluding carboxylic acids is 2. The lowest BCUT2D eigenvalue weighted by Gasteiger charge is -2.09. The molecule has 0 aliphatic carbocycles. The monoisotopic (exact) mass is 437 g/mol. The normalized spacial score (nSPS) is 11.0. The van der Waals surface area contributed by atoms with Gasteiger partial charge in [0.2, 0.25) is 5.78 Å². The first kappa shape index (κ1) is 20.3. The van der Waals surface area contributed by atoms with E-state index in [2.05, 4.69) is 20.4 Å². The number of aromatic nitrogens is 4. The molecule has 0 aliphatic rings. The van der Waals surface area contributed by atoms with E-state index in [1.807, 2.05) is 30.3 Å². The SMILES string of the molecule is Cc1noc2nc(-c3ccccc3)cc(C(=O)Nc3ccc(C(=O)c4nccn4C)cc3)c12. The fraction of sp³-hybridized carbons (Fsp3) is 0.0800. The predicted molar refractivity (Wildman–Crippen MR) is 123 cm³/mol. The van der Waals surface area contributed by atoms with Crippen molar-refractivity contribution in [2.45, 2.75) is 6.92 Å². The molecule has 8 heteroatoms. The summed E-state index contributed by atoms with van der Waals surface area (Å²) in [6.07, 6.45) is 3.29. The van der Waals surface area contributed by atoms with Crippen LogP contribution in [-0.4, -0.2) is 31.4 Å². The van der Waals surface area contributed by atoms with Crippen molar-refractivity contribution in [3.8, 4) is 11.3 Å². The number of anilines is 1. The molecule has 0 spiro atoms. The van der Waals surface area contributed by atoms with Gasteiger partial charge in [0.05, 0.1) is 22.3 Å². The van der Waals surface area contributed by atoms with Crippen molar-refractivity contribution in [3.05, 3.63) is 95.7 Å². The van der Waals surface area contributed by atoms with Crippen LogP contribution in [0.3, 0.4) is 0 Å².